The van der Waals surface area contributed by atoms with E-state index in [1.807, 2.05) is 37.3 Å². The van der Waals surface area contributed by atoms with Crippen LogP contribution in [0, 0.1) is 11.8 Å². The summed E-state index contributed by atoms with van der Waals surface area (Å²) in [6, 6.07) is 9.97. The molecule has 1 amide bonds. The SMILES string of the molecule is CCC1CCC(NC(=O)C(C)C(N)c2ccccc2)CC1. The normalized spacial score (nSPS) is 25.1. The molecule has 3 nitrogen and oxygen atoms in total. The summed E-state index contributed by atoms with van der Waals surface area (Å²) in [5, 5.41) is 3.19. The van der Waals surface area contributed by atoms with Gasteiger partial charge in [-0.3, -0.25) is 4.79 Å². The molecule has 3 N–H and O–H groups in total. The Hall–Kier alpha value is -1.35. The maximum absolute atomic E-state index is 12.4. The summed E-state index contributed by atoms with van der Waals surface area (Å²) in [5.74, 6) is 0.741. The minimum absolute atomic E-state index is 0.0892. The van der Waals surface area contributed by atoms with E-state index in [2.05, 4.69) is 12.2 Å². The maximum Gasteiger partial charge on any atom is 0.224 e. The second-order valence-electron chi connectivity index (χ2n) is 6.36. The van der Waals surface area contributed by atoms with Crippen LogP contribution in [0.25, 0.3) is 0 Å². The van der Waals surface area contributed by atoms with Gasteiger partial charge in [-0.15, -0.1) is 0 Å². The van der Waals surface area contributed by atoms with Crippen LogP contribution in [0.2, 0.25) is 0 Å². The first-order chi connectivity index (χ1) is 10.1. The molecule has 1 aromatic rings. The van der Waals surface area contributed by atoms with Crippen LogP contribution in [0.15, 0.2) is 30.3 Å². The molecule has 1 aliphatic rings. The average Bonchev–Trinajstić information content (AvgIpc) is 2.55. The van der Waals surface area contributed by atoms with E-state index in [4.69, 9.17) is 5.73 Å². The molecule has 0 heterocycles. The molecular formula is C18H28N2O. The van der Waals surface area contributed by atoms with Gasteiger partial charge < -0.3 is 11.1 Å². The third-order valence-electron chi connectivity index (χ3n) is 4.91. The second kappa shape index (κ2) is 7.60. The molecule has 2 unspecified atom stereocenters. The highest BCUT2D eigenvalue weighted by Gasteiger charge is 2.26. The first kappa shape index (κ1) is 16.0. The summed E-state index contributed by atoms with van der Waals surface area (Å²) in [6.07, 6.45) is 5.95. The molecule has 0 radical (unpaired) electrons. The Morgan fingerprint density at radius 1 is 1.24 bits per heavy atom. The van der Waals surface area contributed by atoms with E-state index < -0.39 is 0 Å². The summed E-state index contributed by atoms with van der Waals surface area (Å²) in [6.45, 7) is 4.18. The van der Waals surface area contributed by atoms with E-state index >= 15 is 0 Å². The van der Waals surface area contributed by atoms with Gasteiger partial charge in [0.1, 0.15) is 0 Å². The van der Waals surface area contributed by atoms with E-state index in [0.29, 0.717) is 6.04 Å². The van der Waals surface area contributed by atoms with Crippen molar-refractivity contribution in [3.05, 3.63) is 35.9 Å². The number of hydrogen-bond donors (Lipinski definition) is 2. The van der Waals surface area contributed by atoms with Crippen LogP contribution in [-0.4, -0.2) is 11.9 Å². The fraction of sp³-hybridized carbons (Fsp3) is 0.611. The molecule has 0 aromatic heterocycles. The highest BCUT2D eigenvalue weighted by atomic mass is 16.1. The number of nitrogens with two attached hydrogens (primary N) is 1. The van der Waals surface area contributed by atoms with Gasteiger partial charge in [-0.25, -0.2) is 0 Å². The van der Waals surface area contributed by atoms with Gasteiger partial charge in [-0.05, 0) is 37.2 Å². The molecule has 0 bridgehead atoms. The zero-order valence-electron chi connectivity index (χ0n) is 13.2. The lowest BCUT2D eigenvalue weighted by atomic mass is 9.84. The van der Waals surface area contributed by atoms with Crippen LogP contribution in [0.5, 0.6) is 0 Å². The van der Waals surface area contributed by atoms with Gasteiger partial charge in [0.05, 0.1) is 5.92 Å². The molecule has 0 saturated heterocycles. The predicted molar refractivity (Wildman–Crippen MR) is 86.7 cm³/mol. The fourth-order valence-electron chi connectivity index (χ4n) is 3.17. The summed E-state index contributed by atoms with van der Waals surface area (Å²) in [4.78, 5) is 12.4. The monoisotopic (exact) mass is 288 g/mol. The summed E-state index contributed by atoms with van der Waals surface area (Å²) >= 11 is 0. The highest BCUT2D eigenvalue weighted by molar-refractivity contribution is 5.79. The smallest absolute Gasteiger partial charge is 0.224 e. The van der Waals surface area contributed by atoms with Crippen molar-refractivity contribution in [2.24, 2.45) is 17.6 Å². The van der Waals surface area contributed by atoms with E-state index in [9.17, 15) is 4.79 Å². The molecule has 2 rings (SSSR count). The molecule has 21 heavy (non-hydrogen) atoms. The van der Waals surface area contributed by atoms with Crippen LogP contribution in [-0.2, 0) is 4.79 Å². The number of amides is 1. The molecule has 1 saturated carbocycles. The van der Waals surface area contributed by atoms with E-state index in [-0.39, 0.29) is 17.9 Å². The topological polar surface area (TPSA) is 55.1 Å². The summed E-state index contributed by atoms with van der Waals surface area (Å²) in [7, 11) is 0. The standard InChI is InChI=1S/C18H28N2O/c1-3-14-9-11-16(12-10-14)20-18(21)13(2)17(19)15-7-5-4-6-8-15/h4-8,13-14,16-17H,3,9-12,19H2,1-2H3,(H,20,21). The van der Waals surface area contributed by atoms with Crippen LogP contribution in [0.4, 0.5) is 0 Å². The molecule has 116 valence electrons. The second-order valence-corrected chi connectivity index (χ2v) is 6.36. The lowest BCUT2D eigenvalue weighted by molar-refractivity contribution is -0.126. The van der Waals surface area contributed by atoms with Gasteiger partial charge in [-0.2, -0.15) is 0 Å². The van der Waals surface area contributed by atoms with Crippen molar-refractivity contribution >= 4 is 5.91 Å². The molecule has 0 aliphatic heterocycles. The Morgan fingerprint density at radius 3 is 2.43 bits per heavy atom. The predicted octanol–water partition coefficient (Wildman–Crippen LogP) is 3.41. The molecule has 1 aromatic carbocycles. The van der Waals surface area contributed by atoms with Gasteiger partial charge >= 0.3 is 0 Å². The van der Waals surface area contributed by atoms with Crippen LogP contribution in [0.1, 0.15) is 57.6 Å². The van der Waals surface area contributed by atoms with Crippen molar-refractivity contribution in [1.82, 2.24) is 5.32 Å². The molecular weight excluding hydrogens is 260 g/mol. The number of carbonyl (C=O) groups is 1. The van der Waals surface area contributed by atoms with Gasteiger partial charge in [0.25, 0.3) is 0 Å². The third-order valence-corrected chi connectivity index (χ3v) is 4.91. The van der Waals surface area contributed by atoms with E-state index in [1.54, 1.807) is 0 Å². The Morgan fingerprint density at radius 2 is 1.86 bits per heavy atom. The summed E-state index contributed by atoms with van der Waals surface area (Å²) < 4.78 is 0. The minimum Gasteiger partial charge on any atom is -0.353 e. The fourth-order valence-corrected chi connectivity index (χ4v) is 3.17. The Labute approximate surface area is 128 Å². The molecule has 3 heteroatoms. The van der Waals surface area contributed by atoms with Gasteiger partial charge in [0.15, 0.2) is 0 Å². The first-order valence-electron chi connectivity index (χ1n) is 8.22. The molecule has 0 spiro atoms. The van der Waals surface area contributed by atoms with Crippen molar-refractivity contribution < 1.29 is 4.79 Å². The van der Waals surface area contributed by atoms with Crippen LogP contribution >= 0.6 is 0 Å². The van der Waals surface area contributed by atoms with Crippen LogP contribution in [0.3, 0.4) is 0 Å². The lowest BCUT2D eigenvalue weighted by Crippen LogP contribution is -2.42. The molecule has 1 aliphatic carbocycles. The van der Waals surface area contributed by atoms with Crippen LogP contribution < -0.4 is 11.1 Å². The zero-order chi connectivity index (χ0) is 15.2. The van der Waals surface area contributed by atoms with Crippen molar-refractivity contribution in [2.45, 2.75) is 58.0 Å². The Balaban J connectivity index is 1.85. The highest BCUT2D eigenvalue weighted by Crippen LogP contribution is 2.27. The van der Waals surface area contributed by atoms with Crippen molar-refractivity contribution in [3.8, 4) is 0 Å². The Kier molecular flexibility index (Phi) is 5.80. The largest absolute Gasteiger partial charge is 0.353 e. The quantitative estimate of drug-likeness (QED) is 0.872. The number of carbonyl (C=O) groups excluding carboxylic acids is 1. The zero-order valence-corrected chi connectivity index (χ0v) is 13.2. The van der Waals surface area contributed by atoms with E-state index in [1.165, 1.54) is 19.3 Å². The number of rotatable bonds is 5. The molecule has 1 fully saturated rings. The van der Waals surface area contributed by atoms with Crippen molar-refractivity contribution in [1.29, 1.82) is 0 Å². The Bertz CT molecular complexity index is 438. The van der Waals surface area contributed by atoms with Gasteiger partial charge in [0, 0.05) is 12.1 Å². The minimum atomic E-state index is -0.238. The maximum atomic E-state index is 12.4. The average molecular weight is 288 g/mol. The van der Waals surface area contributed by atoms with Gasteiger partial charge in [-0.1, -0.05) is 50.6 Å². The van der Waals surface area contributed by atoms with Crippen molar-refractivity contribution in [2.75, 3.05) is 0 Å². The molecule has 2 atom stereocenters. The summed E-state index contributed by atoms with van der Waals surface area (Å²) in [5.41, 5.74) is 7.25. The number of nitrogens with one attached hydrogen (secondary N) is 1. The lowest BCUT2D eigenvalue weighted by Gasteiger charge is -2.30. The first-order valence-corrected chi connectivity index (χ1v) is 8.22. The third kappa shape index (κ3) is 4.31. The van der Waals surface area contributed by atoms with Crippen molar-refractivity contribution in [3.63, 3.8) is 0 Å². The number of benzene rings is 1. The van der Waals surface area contributed by atoms with E-state index in [0.717, 1.165) is 24.3 Å². The van der Waals surface area contributed by atoms with Gasteiger partial charge in [0.2, 0.25) is 5.91 Å². The number of hydrogen-bond acceptors (Lipinski definition) is 2.